The predicted octanol–water partition coefficient (Wildman–Crippen LogP) is 4.46. The summed E-state index contributed by atoms with van der Waals surface area (Å²) in [5, 5.41) is 0. The average Bonchev–Trinajstić information content (AvgIpc) is 2.47. The Morgan fingerprint density at radius 1 is 1.17 bits per heavy atom. The average molecular weight is 248 g/mol. The lowest BCUT2D eigenvalue weighted by Crippen LogP contribution is -1.83. The molecule has 1 heterocycles. The van der Waals surface area contributed by atoms with Gasteiger partial charge in [0.25, 0.3) is 0 Å². The largest absolute Gasteiger partial charge is 0.333 e. The predicted molar refractivity (Wildman–Crippen MR) is 85.4 cm³/mol. The van der Waals surface area contributed by atoms with Crippen LogP contribution in [0.4, 0.5) is 0 Å². The van der Waals surface area contributed by atoms with Gasteiger partial charge in [-0.2, -0.15) is 0 Å². The van der Waals surface area contributed by atoms with E-state index in [9.17, 15) is 0 Å². The molecule has 18 heavy (non-hydrogen) atoms. The monoisotopic (exact) mass is 248 g/mol. The summed E-state index contributed by atoms with van der Waals surface area (Å²) in [4.78, 5) is 4.18. The Labute approximate surface area is 113 Å². The van der Waals surface area contributed by atoms with Crippen molar-refractivity contribution >= 4 is 5.57 Å². The molecular formula is C16H28N2. The third-order valence-electron chi connectivity index (χ3n) is 1.49. The van der Waals surface area contributed by atoms with Crippen LogP contribution < -0.4 is 5.73 Å². The maximum absolute atomic E-state index is 4.50. The summed E-state index contributed by atoms with van der Waals surface area (Å²) >= 11 is 0. The second kappa shape index (κ2) is 20.7. The molecule has 2 nitrogen and oxygen atoms in total. The Morgan fingerprint density at radius 3 is 1.94 bits per heavy atom. The first kappa shape index (κ1) is 21.6. The zero-order valence-corrected chi connectivity index (χ0v) is 12.5. The highest BCUT2D eigenvalue weighted by molar-refractivity contribution is 5.70. The van der Waals surface area contributed by atoms with Crippen molar-refractivity contribution in [1.82, 2.24) is 4.98 Å². The molecule has 1 aromatic rings. The standard InChI is InChI=1S/C10H11N.C3H6.C2H6.CH5N/c1-3-9(4-2)10-7-5-6-8-11-10;1-3-2;2*1-2/h3-8H,1H2,2H3;3H,1H2,2H3;1-2H3;2H2,1H3/b9-4+;;;. The zero-order chi connectivity index (χ0) is 14.8. The number of pyridine rings is 1. The van der Waals surface area contributed by atoms with Crippen molar-refractivity contribution in [1.29, 1.82) is 0 Å². The number of allylic oxidation sites excluding steroid dienone is 4. The van der Waals surface area contributed by atoms with Gasteiger partial charge in [-0.1, -0.05) is 44.7 Å². The summed E-state index contributed by atoms with van der Waals surface area (Å²) in [6.45, 7) is 14.9. The summed E-state index contributed by atoms with van der Waals surface area (Å²) in [6.07, 6.45) is 7.33. The first-order valence-corrected chi connectivity index (χ1v) is 6.15. The van der Waals surface area contributed by atoms with E-state index < -0.39 is 0 Å². The minimum Gasteiger partial charge on any atom is -0.333 e. The fourth-order valence-corrected chi connectivity index (χ4v) is 0.904. The normalized spacial score (nSPS) is 8.22. The van der Waals surface area contributed by atoms with Crippen LogP contribution in [0.3, 0.4) is 0 Å². The van der Waals surface area contributed by atoms with Crippen molar-refractivity contribution in [3.63, 3.8) is 0 Å². The van der Waals surface area contributed by atoms with Gasteiger partial charge in [-0.15, -0.1) is 6.58 Å². The fourth-order valence-electron chi connectivity index (χ4n) is 0.904. The highest BCUT2D eigenvalue weighted by atomic mass is 14.7. The number of nitrogens with zero attached hydrogens (tertiary/aromatic N) is 1. The van der Waals surface area contributed by atoms with E-state index in [1.807, 2.05) is 58.0 Å². The number of hydrogen-bond acceptors (Lipinski definition) is 2. The van der Waals surface area contributed by atoms with E-state index in [0.29, 0.717) is 0 Å². The van der Waals surface area contributed by atoms with E-state index in [4.69, 9.17) is 0 Å². The first-order valence-electron chi connectivity index (χ1n) is 6.15. The van der Waals surface area contributed by atoms with E-state index in [1.54, 1.807) is 12.3 Å². The highest BCUT2D eigenvalue weighted by Crippen LogP contribution is 2.10. The van der Waals surface area contributed by atoms with Crippen LogP contribution in [0, 0.1) is 0 Å². The molecule has 0 bridgehead atoms. The third kappa shape index (κ3) is 12.4. The fraction of sp³-hybridized carbons (Fsp3) is 0.312. The van der Waals surface area contributed by atoms with Crippen molar-refractivity contribution in [3.05, 3.63) is 61.5 Å². The van der Waals surface area contributed by atoms with Gasteiger partial charge in [-0.3, -0.25) is 4.98 Å². The van der Waals surface area contributed by atoms with Gasteiger partial charge in [0, 0.05) is 6.20 Å². The molecule has 0 atom stereocenters. The zero-order valence-electron chi connectivity index (χ0n) is 12.5. The summed E-state index contributed by atoms with van der Waals surface area (Å²) in [6, 6.07) is 5.84. The van der Waals surface area contributed by atoms with Gasteiger partial charge < -0.3 is 5.73 Å². The molecule has 1 aromatic heterocycles. The van der Waals surface area contributed by atoms with Crippen LogP contribution in [-0.2, 0) is 0 Å². The molecule has 0 aliphatic carbocycles. The van der Waals surface area contributed by atoms with Gasteiger partial charge in [-0.05, 0) is 38.6 Å². The van der Waals surface area contributed by atoms with Crippen molar-refractivity contribution in [2.45, 2.75) is 27.7 Å². The van der Waals surface area contributed by atoms with E-state index in [1.165, 1.54) is 7.05 Å². The van der Waals surface area contributed by atoms with Crippen molar-refractivity contribution in [2.75, 3.05) is 7.05 Å². The van der Waals surface area contributed by atoms with Crippen LogP contribution in [0.25, 0.3) is 5.57 Å². The lowest BCUT2D eigenvalue weighted by molar-refractivity contribution is 1.28. The van der Waals surface area contributed by atoms with Crippen molar-refractivity contribution in [3.8, 4) is 0 Å². The minimum atomic E-state index is 0.977. The summed E-state index contributed by atoms with van der Waals surface area (Å²) in [5.41, 5.74) is 6.55. The van der Waals surface area contributed by atoms with Crippen LogP contribution in [0.1, 0.15) is 33.4 Å². The molecule has 1 rings (SSSR count). The molecule has 0 aliphatic rings. The maximum Gasteiger partial charge on any atom is 0.0698 e. The molecule has 2 heteroatoms. The lowest BCUT2D eigenvalue weighted by atomic mass is 10.1. The maximum atomic E-state index is 4.50. The Kier molecular flexibility index (Phi) is 24.8. The van der Waals surface area contributed by atoms with E-state index in [0.717, 1.165) is 11.3 Å². The molecule has 0 unspecified atom stereocenters. The van der Waals surface area contributed by atoms with Gasteiger partial charge in [0.2, 0.25) is 0 Å². The second-order valence-electron chi connectivity index (χ2n) is 2.57. The molecule has 0 spiro atoms. The number of aromatic nitrogens is 1. The van der Waals surface area contributed by atoms with E-state index in [-0.39, 0.29) is 0 Å². The van der Waals surface area contributed by atoms with Crippen LogP contribution in [-0.4, -0.2) is 12.0 Å². The Morgan fingerprint density at radius 2 is 1.67 bits per heavy atom. The molecule has 0 radical (unpaired) electrons. The molecule has 0 fully saturated rings. The summed E-state index contributed by atoms with van der Waals surface area (Å²) in [5.74, 6) is 0. The smallest absolute Gasteiger partial charge is 0.0698 e. The van der Waals surface area contributed by atoms with E-state index >= 15 is 0 Å². The van der Waals surface area contributed by atoms with Gasteiger partial charge in [0.05, 0.1) is 5.69 Å². The second-order valence-corrected chi connectivity index (χ2v) is 2.57. The van der Waals surface area contributed by atoms with Crippen LogP contribution >= 0.6 is 0 Å². The van der Waals surface area contributed by atoms with Crippen molar-refractivity contribution in [2.24, 2.45) is 5.73 Å². The third-order valence-corrected chi connectivity index (χ3v) is 1.49. The SMILES string of the molecule is C=C/C(=C\C)c1ccccn1.C=CC.CC.CN. The Bertz CT molecular complexity index is 300. The van der Waals surface area contributed by atoms with Gasteiger partial charge in [0.1, 0.15) is 0 Å². The quantitative estimate of drug-likeness (QED) is 0.619. The van der Waals surface area contributed by atoms with Crippen LogP contribution in [0.5, 0.6) is 0 Å². The van der Waals surface area contributed by atoms with Crippen LogP contribution in [0.2, 0.25) is 0 Å². The van der Waals surface area contributed by atoms with E-state index in [2.05, 4.69) is 23.9 Å². The Hall–Kier alpha value is -1.67. The number of nitrogens with two attached hydrogens (primary N) is 1. The molecule has 102 valence electrons. The Balaban J connectivity index is -0.000000274. The topological polar surface area (TPSA) is 38.9 Å². The summed E-state index contributed by atoms with van der Waals surface area (Å²) < 4.78 is 0. The molecule has 0 aliphatic heterocycles. The summed E-state index contributed by atoms with van der Waals surface area (Å²) in [7, 11) is 1.50. The molecule has 0 aromatic carbocycles. The van der Waals surface area contributed by atoms with Gasteiger partial charge >= 0.3 is 0 Å². The molecule has 0 saturated carbocycles. The lowest BCUT2D eigenvalue weighted by Gasteiger charge is -1.97. The van der Waals surface area contributed by atoms with Crippen molar-refractivity contribution < 1.29 is 0 Å². The molecule has 2 N–H and O–H groups in total. The van der Waals surface area contributed by atoms with Gasteiger partial charge in [-0.25, -0.2) is 0 Å². The molecular weight excluding hydrogens is 220 g/mol. The first-order chi connectivity index (χ1) is 8.79. The van der Waals surface area contributed by atoms with Crippen LogP contribution in [0.15, 0.2) is 55.8 Å². The number of hydrogen-bond donors (Lipinski definition) is 1. The molecule has 0 saturated heterocycles. The highest BCUT2D eigenvalue weighted by Gasteiger charge is 1.93. The minimum absolute atomic E-state index is 0.977. The molecule has 0 amide bonds. The van der Waals surface area contributed by atoms with Gasteiger partial charge in [0.15, 0.2) is 0 Å². The number of rotatable bonds is 2.